The third-order valence-corrected chi connectivity index (χ3v) is 5.44. The number of nitrogens with zero attached hydrogens (tertiary/aromatic N) is 1. The van der Waals surface area contributed by atoms with E-state index >= 15 is 4.39 Å². The van der Waals surface area contributed by atoms with Crippen LogP contribution in [0.4, 0.5) is 15.8 Å². The van der Waals surface area contributed by atoms with Crippen molar-refractivity contribution in [2.45, 2.75) is 19.8 Å². The van der Waals surface area contributed by atoms with E-state index in [4.69, 9.17) is 10.5 Å². The fourth-order valence-electron chi connectivity index (χ4n) is 2.97. The molecule has 1 aromatic heterocycles. The van der Waals surface area contributed by atoms with Crippen LogP contribution in [0.15, 0.2) is 24.3 Å². The molecule has 9 heteroatoms. The number of hydrogen-bond acceptors (Lipinski definition) is 5. The molecule has 1 heterocycles. The Balaban J connectivity index is 1.81. The molecule has 1 saturated carbocycles. The van der Waals surface area contributed by atoms with Crippen molar-refractivity contribution in [2.75, 3.05) is 11.9 Å². The van der Waals surface area contributed by atoms with Crippen molar-refractivity contribution >= 4 is 56.9 Å². The third-order valence-electron chi connectivity index (χ3n) is 4.77. The monoisotopic (exact) mass is 508 g/mol. The maximum absolute atomic E-state index is 15.4. The molecule has 1 aliphatic carbocycles. The first-order valence-corrected chi connectivity index (χ1v) is 10.1. The lowest BCUT2D eigenvalue weighted by Gasteiger charge is -2.15. The molecule has 0 unspecified atom stereocenters. The van der Waals surface area contributed by atoms with Crippen LogP contribution in [0, 0.1) is 22.2 Å². The van der Waals surface area contributed by atoms with Gasteiger partial charge in [-0.3, -0.25) is 4.79 Å². The lowest BCUT2D eigenvalue weighted by molar-refractivity contribution is 0.0487. The molecule has 29 heavy (non-hydrogen) atoms. The number of ether oxygens (including phenoxy) is 1. The Kier molecular flexibility index (Phi) is 5.15. The molecular formula is C20H18FIN4O3. The van der Waals surface area contributed by atoms with Crippen molar-refractivity contribution in [1.29, 1.82) is 0 Å². The molecule has 4 N–H and O–H groups in total. The van der Waals surface area contributed by atoms with Crippen molar-refractivity contribution in [3.63, 3.8) is 0 Å². The minimum Gasteiger partial charge on any atom is -0.462 e. The second-order valence-electron chi connectivity index (χ2n) is 7.09. The SMILES string of the molecule is Cc1cc(I)ccc1Nc1c(C(=O)OCC2CC2)cc2[nH]c(C(N)=O)nc2c1F. The van der Waals surface area contributed by atoms with Crippen molar-refractivity contribution in [2.24, 2.45) is 11.7 Å². The number of benzene rings is 2. The van der Waals surface area contributed by atoms with Gasteiger partial charge in [0, 0.05) is 9.26 Å². The summed E-state index contributed by atoms with van der Waals surface area (Å²) in [7, 11) is 0. The molecule has 1 fully saturated rings. The van der Waals surface area contributed by atoms with Crippen molar-refractivity contribution in [3.8, 4) is 0 Å². The predicted molar refractivity (Wildman–Crippen MR) is 115 cm³/mol. The summed E-state index contributed by atoms with van der Waals surface area (Å²) >= 11 is 2.19. The number of carbonyl (C=O) groups is 2. The van der Waals surface area contributed by atoms with Crippen LogP contribution in [0.3, 0.4) is 0 Å². The number of aryl methyl sites for hydroxylation is 1. The van der Waals surface area contributed by atoms with E-state index in [1.165, 1.54) is 6.07 Å². The van der Waals surface area contributed by atoms with Gasteiger partial charge < -0.3 is 20.8 Å². The number of H-pyrrole nitrogens is 1. The maximum Gasteiger partial charge on any atom is 0.340 e. The standard InChI is InChI=1S/C20H18FIN4O3/c1-9-6-11(22)4-5-13(9)24-16-12(20(28)29-8-10-2-3-10)7-14-17(15(16)21)26-19(25-14)18(23)27/h4-7,10,24H,2-3,8H2,1H3,(H2,23,27)(H,25,26). The van der Waals surface area contributed by atoms with Crippen molar-refractivity contribution in [3.05, 3.63) is 50.6 Å². The van der Waals surface area contributed by atoms with Gasteiger partial charge in [0.25, 0.3) is 5.91 Å². The predicted octanol–water partition coefficient (Wildman–Crippen LogP) is 4.02. The van der Waals surface area contributed by atoms with Gasteiger partial charge in [-0.15, -0.1) is 0 Å². The van der Waals surface area contributed by atoms with Crippen LogP contribution >= 0.6 is 22.6 Å². The highest BCUT2D eigenvalue weighted by Gasteiger charge is 2.27. The van der Waals surface area contributed by atoms with Crippen LogP contribution in [0.5, 0.6) is 0 Å². The van der Waals surface area contributed by atoms with Crippen molar-refractivity contribution in [1.82, 2.24) is 9.97 Å². The molecule has 0 saturated heterocycles. The Morgan fingerprint density at radius 1 is 1.38 bits per heavy atom. The molecule has 7 nitrogen and oxygen atoms in total. The van der Waals surface area contributed by atoms with Crippen LogP contribution in [0.2, 0.25) is 0 Å². The fourth-order valence-corrected chi connectivity index (χ4v) is 3.62. The Morgan fingerprint density at radius 3 is 2.79 bits per heavy atom. The average molecular weight is 508 g/mol. The summed E-state index contributed by atoms with van der Waals surface area (Å²) in [4.78, 5) is 30.7. The summed E-state index contributed by atoms with van der Waals surface area (Å²) in [5.74, 6) is -2.03. The number of carbonyl (C=O) groups excluding carboxylic acids is 2. The molecule has 0 bridgehead atoms. The number of amides is 1. The quantitative estimate of drug-likeness (QED) is 0.344. The molecule has 4 rings (SSSR count). The van der Waals surface area contributed by atoms with Gasteiger partial charge in [-0.2, -0.15) is 0 Å². The number of imidazole rings is 1. The number of nitrogens with two attached hydrogens (primary N) is 1. The number of aromatic amines is 1. The zero-order chi connectivity index (χ0) is 20.7. The van der Waals surface area contributed by atoms with Gasteiger partial charge in [0.05, 0.1) is 23.4 Å². The van der Waals surface area contributed by atoms with E-state index in [-0.39, 0.29) is 28.1 Å². The lowest BCUT2D eigenvalue weighted by atomic mass is 10.1. The highest BCUT2D eigenvalue weighted by molar-refractivity contribution is 14.1. The minimum atomic E-state index is -0.818. The molecule has 0 radical (unpaired) electrons. The largest absolute Gasteiger partial charge is 0.462 e. The van der Waals surface area contributed by atoms with Crippen LogP contribution < -0.4 is 11.1 Å². The maximum atomic E-state index is 15.4. The number of halogens is 2. The molecule has 0 aliphatic heterocycles. The van der Waals surface area contributed by atoms with Crippen LogP contribution in [0.1, 0.15) is 39.4 Å². The van der Waals surface area contributed by atoms with E-state index in [1.807, 2.05) is 19.1 Å². The highest BCUT2D eigenvalue weighted by Crippen LogP contribution is 2.33. The molecular weight excluding hydrogens is 490 g/mol. The Labute approximate surface area is 179 Å². The first-order chi connectivity index (χ1) is 13.8. The summed E-state index contributed by atoms with van der Waals surface area (Å²) in [5.41, 5.74) is 6.86. The summed E-state index contributed by atoms with van der Waals surface area (Å²) < 4.78 is 21.8. The number of nitrogens with one attached hydrogen (secondary N) is 2. The van der Waals surface area contributed by atoms with Crippen molar-refractivity contribution < 1.29 is 18.7 Å². The van der Waals surface area contributed by atoms with Crippen LogP contribution in [-0.2, 0) is 4.74 Å². The first-order valence-electron chi connectivity index (χ1n) is 9.06. The molecule has 0 spiro atoms. The van der Waals surface area contributed by atoms with Gasteiger partial charge in [0.2, 0.25) is 0 Å². The number of aromatic nitrogens is 2. The Morgan fingerprint density at radius 2 is 2.14 bits per heavy atom. The molecule has 2 aromatic carbocycles. The number of esters is 1. The molecule has 0 atom stereocenters. The van der Waals surface area contributed by atoms with Crippen LogP contribution in [-0.4, -0.2) is 28.5 Å². The van der Waals surface area contributed by atoms with Gasteiger partial charge in [-0.05, 0) is 78.1 Å². The number of rotatable bonds is 6. The van der Waals surface area contributed by atoms with Gasteiger partial charge in [0.15, 0.2) is 11.6 Å². The summed E-state index contributed by atoms with van der Waals surface area (Å²) in [6.07, 6.45) is 2.05. The zero-order valence-corrected chi connectivity index (χ0v) is 17.7. The number of hydrogen-bond donors (Lipinski definition) is 3. The van der Waals surface area contributed by atoms with E-state index < -0.39 is 17.7 Å². The van der Waals surface area contributed by atoms with E-state index in [0.717, 1.165) is 22.0 Å². The average Bonchev–Trinajstić information content (AvgIpc) is 3.40. The summed E-state index contributed by atoms with van der Waals surface area (Å²) in [5, 5.41) is 3.00. The van der Waals surface area contributed by atoms with Gasteiger partial charge >= 0.3 is 5.97 Å². The second kappa shape index (κ2) is 7.62. The smallest absolute Gasteiger partial charge is 0.340 e. The Hall–Kier alpha value is -2.69. The Bertz CT molecular complexity index is 1140. The first kappa shape index (κ1) is 19.6. The van der Waals surface area contributed by atoms with E-state index in [9.17, 15) is 9.59 Å². The van der Waals surface area contributed by atoms with Gasteiger partial charge in [0.1, 0.15) is 5.52 Å². The minimum absolute atomic E-state index is 0.0215. The summed E-state index contributed by atoms with van der Waals surface area (Å²) in [6, 6.07) is 7.04. The number of primary amides is 1. The molecule has 150 valence electrons. The molecule has 1 aliphatic rings. The normalized spacial score (nSPS) is 13.5. The molecule has 3 aromatic rings. The number of anilines is 2. The van der Waals surface area contributed by atoms with Crippen LogP contribution in [0.25, 0.3) is 11.0 Å². The van der Waals surface area contributed by atoms with E-state index in [2.05, 4.69) is 37.9 Å². The van der Waals surface area contributed by atoms with E-state index in [1.54, 1.807) is 6.07 Å². The lowest BCUT2D eigenvalue weighted by Crippen LogP contribution is -2.12. The number of fused-ring (bicyclic) bond motifs is 1. The third kappa shape index (κ3) is 4.04. The highest BCUT2D eigenvalue weighted by atomic mass is 127. The van der Waals surface area contributed by atoms with Gasteiger partial charge in [-0.1, -0.05) is 0 Å². The fraction of sp³-hybridized carbons (Fsp3) is 0.250. The summed E-state index contributed by atoms with van der Waals surface area (Å²) in [6.45, 7) is 2.18. The zero-order valence-electron chi connectivity index (χ0n) is 15.5. The van der Waals surface area contributed by atoms with Gasteiger partial charge in [-0.25, -0.2) is 14.2 Å². The second-order valence-corrected chi connectivity index (χ2v) is 8.33. The topological polar surface area (TPSA) is 110 Å². The molecule has 1 amide bonds. The van der Waals surface area contributed by atoms with E-state index in [0.29, 0.717) is 18.2 Å².